The highest BCUT2D eigenvalue weighted by molar-refractivity contribution is 8.04. The molecule has 4 rings (SSSR count). The third-order valence-electron chi connectivity index (χ3n) is 3.50. The lowest BCUT2D eigenvalue weighted by atomic mass is 9.90. The van der Waals surface area contributed by atoms with Gasteiger partial charge in [-0.2, -0.15) is 0 Å². The Hall–Kier alpha value is -2.07. The van der Waals surface area contributed by atoms with Crippen molar-refractivity contribution >= 4 is 34.1 Å². The molecule has 0 unspecified atom stereocenters. The van der Waals surface area contributed by atoms with Crippen LogP contribution in [-0.2, 0) is 0 Å². The molecule has 0 fully saturated rings. The maximum absolute atomic E-state index is 12.4. The predicted octanol–water partition coefficient (Wildman–Crippen LogP) is 2.72. The molecule has 0 saturated heterocycles. The molecular formula is C15H9NO2S. The van der Waals surface area contributed by atoms with Gasteiger partial charge in [0.15, 0.2) is 0 Å². The molecule has 92 valence electrons. The van der Waals surface area contributed by atoms with Crippen molar-refractivity contribution in [3.63, 3.8) is 0 Å². The van der Waals surface area contributed by atoms with Crippen molar-refractivity contribution in [2.75, 3.05) is 5.88 Å². The van der Waals surface area contributed by atoms with Crippen LogP contribution in [0.5, 0.6) is 0 Å². The number of rotatable bonds is 0. The van der Waals surface area contributed by atoms with Gasteiger partial charge in [0, 0.05) is 11.1 Å². The fraction of sp³-hybridized carbons (Fsp3) is 0.0667. The van der Waals surface area contributed by atoms with E-state index in [-0.39, 0.29) is 11.6 Å². The molecule has 3 nitrogen and oxygen atoms in total. The van der Waals surface area contributed by atoms with E-state index in [0.29, 0.717) is 27.6 Å². The molecule has 0 spiro atoms. The summed E-state index contributed by atoms with van der Waals surface area (Å²) in [6.45, 7) is 0. The van der Waals surface area contributed by atoms with Crippen LogP contribution in [0.2, 0.25) is 0 Å². The molecule has 0 aromatic heterocycles. The molecule has 0 atom stereocenters. The van der Waals surface area contributed by atoms with Gasteiger partial charge in [-0.25, -0.2) is 0 Å². The van der Waals surface area contributed by atoms with Crippen molar-refractivity contribution in [1.82, 2.24) is 5.32 Å². The molecule has 0 saturated carbocycles. The van der Waals surface area contributed by atoms with E-state index in [4.69, 9.17) is 0 Å². The standard InChI is InChI=1S/C15H9NO2S/c17-13-10-5-8-3-1-2-4-9(8)6-11(10)14(18)15-12(13)16-7-19-15/h1-6,16H,7H2. The Morgan fingerprint density at radius 1 is 0.947 bits per heavy atom. The van der Waals surface area contributed by atoms with E-state index < -0.39 is 0 Å². The zero-order chi connectivity index (χ0) is 13.0. The van der Waals surface area contributed by atoms with Crippen molar-refractivity contribution in [3.05, 3.63) is 58.1 Å². The lowest BCUT2D eigenvalue weighted by Gasteiger charge is -2.16. The van der Waals surface area contributed by atoms with Gasteiger partial charge in [-0.05, 0) is 22.9 Å². The SMILES string of the molecule is O=C1C2=C(SCN2)C(=O)c2cc3ccccc3cc21. The van der Waals surface area contributed by atoms with Gasteiger partial charge in [0.1, 0.15) is 5.70 Å². The maximum Gasteiger partial charge on any atom is 0.210 e. The minimum absolute atomic E-state index is 0.0367. The van der Waals surface area contributed by atoms with Gasteiger partial charge in [-0.1, -0.05) is 36.0 Å². The zero-order valence-corrected chi connectivity index (χ0v) is 10.7. The van der Waals surface area contributed by atoms with Crippen LogP contribution in [0.4, 0.5) is 0 Å². The Morgan fingerprint density at radius 2 is 1.58 bits per heavy atom. The summed E-state index contributed by atoms with van der Waals surface area (Å²) in [7, 11) is 0. The molecular weight excluding hydrogens is 258 g/mol. The number of benzene rings is 2. The van der Waals surface area contributed by atoms with Gasteiger partial charge in [0.2, 0.25) is 11.6 Å². The summed E-state index contributed by atoms with van der Waals surface area (Å²) in [6, 6.07) is 11.4. The Kier molecular flexibility index (Phi) is 2.11. The van der Waals surface area contributed by atoms with Gasteiger partial charge in [-0.3, -0.25) is 9.59 Å². The molecule has 1 aliphatic carbocycles. The topological polar surface area (TPSA) is 46.2 Å². The largest absolute Gasteiger partial charge is 0.371 e. The van der Waals surface area contributed by atoms with E-state index in [2.05, 4.69) is 5.32 Å². The van der Waals surface area contributed by atoms with Crippen molar-refractivity contribution in [2.45, 2.75) is 0 Å². The highest BCUT2D eigenvalue weighted by atomic mass is 32.2. The van der Waals surface area contributed by atoms with Gasteiger partial charge in [0.25, 0.3) is 0 Å². The number of carbonyl (C=O) groups excluding carboxylic acids is 2. The number of Topliss-reactive ketones (excluding diaryl/α,β-unsaturated/α-hetero) is 2. The minimum Gasteiger partial charge on any atom is -0.371 e. The molecule has 2 aromatic carbocycles. The lowest BCUT2D eigenvalue weighted by Crippen LogP contribution is -2.24. The van der Waals surface area contributed by atoms with Crippen LogP contribution >= 0.6 is 11.8 Å². The molecule has 2 aliphatic rings. The Labute approximate surface area is 113 Å². The normalized spacial score (nSPS) is 17.5. The fourth-order valence-electron chi connectivity index (χ4n) is 2.57. The molecule has 0 radical (unpaired) electrons. The van der Waals surface area contributed by atoms with Crippen LogP contribution in [0.3, 0.4) is 0 Å². The highest BCUT2D eigenvalue weighted by Crippen LogP contribution is 2.36. The first-order valence-corrected chi connectivity index (χ1v) is 6.97. The third-order valence-corrected chi connectivity index (χ3v) is 4.47. The summed E-state index contributed by atoms with van der Waals surface area (Å²) in [5.41, 5.74) is 1.51. The van der Waals surface area contributed by atoms with E-state index in [9.17, 15) is 9.59 Å². The van der Waals surface area contributed by atoms with Crippen LogP contribution in [0.15, 0.2) is 47.0 Å². The second-order valence-corrected chi connectivity index (χ2v) is 5.56. The number of carbonyl (C=O) groups is 2. The average Bonchev–Trinajstić information content (AvgIpc) is 2.93. The first-order valence-electron chi connectivity index (χ1n) is 5.99. The number of fused-ring (bicyclic) bond motifs is 2. The molecule has 2 aromatic rings. The Balaban J connectivity index is 2.04. The number of nitrogens with one attached hydrogen (secondary N) is 1. The number of hydrogen-bond donors (Lipinski definition) is 1. The minimum atomic E-state index is -0.0691. The van der Waals surface area contributed by atoms with Gasteiger partial charge in [0.05, 0.1) is 10.8 Å². The van der Waals surface area contributed by atoms with Gasteiger partial charge >= 0.3 is 0 Å². The smallest absolute Gasteiger partial charge is 0.210 e. The quantitative estimate of drug-likeness (QED) is 0.797. The summed E-state index contributed by atoms with van der Waals surface area (Å²) in [4.78, 5) is 25.4. The van der Waals surface area contributed by atoms with Crippen LogP contribution in [0.1, 0.15) is 20.7 Å². The second-order valence-electron chi connectivity index (χ2n) is 4.57. The zero-order valence-electron chi connectivity index (χ0n) is 9.90. The lowest BCUT2D eigenvalue weighted by molar-refractivity contribution is 0.0978. The molecule has 0 amide bonds. The van der Waals surface area contributed by atoms with E-state index in [0.717, 1.165) is 10.8 Å². The number of allylic oxidation sites excluding steroid dienone is 2. The summed E-state index contributed by atoms with van der Waals surface area (Å²) in [5.74, 6) is 0.487. The maximum atomic E-state index is 12.4. The van der Waals surface area contributed by atoms with Crippen molar-refractivity contribution in [3.8, 4) is 0 Å². The van der Waals surface area contributed by atoms with E-state index >= 15 is 0 Å². The monoisotopic (exact) mass is 267 g/mol. The first kappa shape index (κ1) is 10.8. The first-order chi connectivity index (χ1) is 9.25. The van der Waals surface area contributed by atoms with Crippen molar-refractivity contribution < 1.29 is 9.59 Å². The molecule has 1 aliphatic heterocycles. The van der Waals surface area contributed by atoms with Crippen LogP contribution in [0.25, 0.3) is 10.8 Å². The number of hydrogen-bond acceptors (Lipinski definition) is 4. The van der Waals surface area contributed by atoms with Crippen molar-refractivity contribution in [1.29, 1.82) is 0 Å². The molecule has 19 heavy (non-hydrogen) atoms. The molecule has 0 bridgehead atoms. The molecule has 1 N–H and O–H groups in total. The second kappa shape index (κ2) is 3.71. The summed E-state index contributed by atoms with van der Waals surface area (Å²) >= 11 is 1.41. The Morgan fingerprint density at radius 3 is 2.26 bits per heavy atom. The fourth-order valence-corrected chi connectivity index (χ4v) is 3.48. The van der Waals surface area contributed by atoms with Gasteiger partial charge in [-0.15, -0.1) is 0 Å². The van der Waals surface area contributed by atoms with Crippen molar-refractivity contribution in [2.24, 2.45) is 0 Å². The highest BCUT2D eigenvalue weighted by Gasteiger charge is 2.35. The van der Waals surface area contributed by atoms with E-state index in [1.807, 2.05) is 36.4 Å². The van der Waals surface area contributed by atoms with Crippen LogP contribution < -0.4 is 5.32 Å². The van der Waals surface area contributed by atoms with Gasteiger partial charge < -0.3 is 5.32 Å². The number of thioether (sulfide) groups is 1. The predicted molar refractivity (Wildman–Crippen MR) is 75.2 cm³/mol. The molecule has 4 heteroatoms. The Bertz CT molecular complexity index is 727. The van der Waals surface area contributed by atoms with E-state index in [1.54, 1.807) is 0 Å². The molecule has 1 heterocycles. The number of ketones is 2. The summed E-state index contributed by atoms with van der Waals surface area (Å²) in [6.07, 6.45) is 0. The van der Waals surface area contributed by atoms with Crippen LogP contribution in [0, 0.1) is 0 Å². The summed E-state index contributed by atoms with van der Waals surface area (Å²) in [5, 5.41) is 4.97. The summed E-state index contributed by atoms with van der Waals surface area (Å²) < 4.78 is 0. The third kappa shape index (κ3) is 1.40. The van der Waals surface area contributed by atoms with E-state index in [1.165, 1.54) is 11.8 Å². The van der Waals surface area contributed by atoms with Crippen LogP contribution in [-0.4, -0.2) is 17.4 Å². The average molecular weight is 267 g/mol.